The highest BCUT2D eigenvalue weighted by Crippen LogP contribution is 2.20. The minimum Gasteiger partial charge on any atom is -0.480 e. The van der Waals surface area contributed by atoms with Gasteiger partial charge in [-0.2, -0.15) is 0 Å². The van der Waals surface area contributed by atoms with Crippen LogP contribution in [0.1, 0.15) is 19.4 Å². The van der Waals surface area contributed by atoms with E-state index < -0.39 is 5.97 Å². The number of carboxylic acid groups (broad SMARTS) is 1. The van der Waals surface area contributed by atoms with Crippen molar-refractivity contribution in [3.8, 4) is 11.1 Å². The smallest absolute Gasteiger partial charge is 0.317 e. The van der Waals surface area contributed by atoms with Crippen LogP contribution in [0.3, 0.4) is 0 Å². The fraction of sp³-hybridized carbons (Fsp3) is 0.294. The summed E-state index contributed by atoms with van der Waals surface area (Å²) in [4.78, 5) is 17.0. The molecular formula is C17H20N2O2. The molecular weight excluding hydrogens is 264 g/mol. The molecule has 2 rings (SSSR count). The number of carboxylic acids is 1. The third-order valence-corrected chi connectivity index (χ3v) is 3.38. The van der Waals surface area contributed by atoms with E-state index in [4.69, 9.17) is 5.11 Å². The van der Waals surface area contributed by atoms with E-state index in [0.717, 1.165) is 16.7 Å². The number of nitrogens with zero attached hydrogens (tertiary/aromatic N) is 2. The van der Waals surface area contributed by atoms with Gasteiger partial charge in [-0.1, -0.05) is 24.3 Å². The Bertz CT molecular complexity index is 597. The highest BCUT2D eigenvalue weighted by Gasteiger charge is 2.14. The molecule has 0 radical (unpaired) electrons. The molecule has 0 spiro atoms. The number of hydrogen-bond donors (Lipinski definition) is 1. The van der Waals surface area contributed by atoms with E-state index in [1.54, 1.807) is 6.20 Å². The first kappa shape index (κ1) is 15.2. The van der Waals surface area contributed by atoms with Crippen molar-refractivity contribution in [3.63, 3.8) is 0 Å². The quantitative estimate of drug-likeness (QED) is 0.886. The van der Waals surface area contributed by atoms with Gasteiger partial charge in [0.25, 0.3) is 0 Å². The van der Waals surface area contributed by atoms with Gasteiger partial charge in [0.15, 0.2) is 0 Å². The second-order valence-corrected chi connectivity index (χ2v) is 5.33. The van der Waals surface area contributed by atoms with Crippen molar-refractivity contribution >= 4 is 5.97 Å². The number of aliphatic carboxylic acids is 1. The van der Waals surface area contributed by atoms with Gasteiger partial charge in [-0.25, -0.2) is 0 Å². The maximum absolute atomic E-state index is 10.9. The molecule has 0 saturated carbocycles. The van der Waals surface area contributed by atoms with E-state index in [1.165, 1.54) is 0 Å². The first-order valence-corrected chi connectivity index (χ1v) is 7.01. The largest absolute Gasteiger partial charge is 0.480 e. The Labute approximate surface area is 125 Å². The van der Waals surface area contributed by atoms with Gasteiger partial charge in [0.1, 0.15) is 0 Å². The molecule has 1 heterocycles. The Morgan fingerprint density at radius 1 is 1.24 bits per heavy atom. The standard InChI is InChI=1S/C17H20N2O2/c1-13(2)19(12-17(20)21)11-14-5-3-6-15(9-14)16-7-4-8-18-10-16/h3-10,13H,11-12H2,1-2H3,(H,20,21). The number of benzene rings is 1. The second-order valence-electron chi connectivity index (χ2n) is 5.33. The van der Waals surface area contributed by atoms with E-state index in [1.807, 2.05) is 55.3 Å². The summed E-state index contributed by atoms with van der Waals surface area (Å²) in [5.41, 5.74) is 3.26. The molecule has 0 atom stereocenters. The Balaban J connectivity index is 2.19. The summed E-state index contributed by atoms with van der Waals surface area (Å²) in [6, 6.07) is 12.3. The normalized spacial score (nSPS) is 11.0. The summed E-state index contributed by atoms with van der Waals surface area (Å²) in [5.74, 6) is -0.799. The van der Waals surface area contributed by atoms with E-state index in [9.17, 15) is 4.79 Å². The van der Waals surface area contributed by atoms with Crippen LogP contribution in [0.2, 0.25) is 0 Å². The lowest BCUT2D eigenvalue weighted by Gasteiger charge is -2.24. The SMILES string of the molecule is CC(C)N(CC(=O)O)Cc1cccc(-c2cccnc2)c1. The zero-order chi connectivity index (χ0) is 15.2. The third kappa shape index (κ3) is 4.39. The summed E-state index contributed by atoms with van der Waals surface area (Å²) in [6.45, 7) is 4.69. The van der Waals surface area contributed by atoms with Gasteiger partial charge in [-0.05, 0) is 42.7 Å². The first-order valence-electron chi connectivity index (χ1n) is 7.01. The van der Waals surface area contributed by atoms with Crippen molar-refractivity contribution in [2.45, 2.75) is 26.4 Å². The average Bonchev–Trinajstić information content (AvgIpc) is 2.47. The van der Waals surface area contributed by atoms with E-state index in [-0.39, 0.29) is 12.6 Å². The lowest BCUT2D eigenvalue weighted by atomic mass is 10.0. The molecule has 21 heavy (non-hydrogen) atoms. The lowest BCUT2D eigenvalue weighted by Crippen LogP contribution is -2.35. The van der Waals surface area contributed by atoms with E-state index in [2.05, 4.69) is 11.1 Å². The van der Waals surface area contributed by atoms with E-state index >= 15 is 0 Å². The van der Waals surface area contributed by atoms with Crippen molar-refractivity contribution in [1.82, 2.24) is 9.88 Å². The summed E-state index contributed by atoms with van der Waals surface area (Å²) in [6.07, 6.45) is 3.58. The zero-order valence-electron chi connectivity index (χ0n) is 12.4. The topological polar surface area (TPSA) is 53.4 Å². The molecule has 0 unspecified atom stereocenters. The Morgan fingerprint density at radius 2 is 2.00 bits per heavy atom. The number of carbonyl (C=O) groups is 1. The molecule has 0 fully saturated rings. The van der Waals surface area contributed by atoms with Crippen LogP contribution < -0.4 is 0 Å². The number of aromatic nitrogens is 1. The van der Waals surface area contributed by atoms with Gasteiger partial charge in [0.05, 0.1) is 6.54 Å². The highest BCUT2D eigenvalue weighted by atomic mass is 16.4. The minimum absolute atomic E-state index is 0.0504. The van der Waals surface area contributed by atoms with Gasteiger partial charge in [-0.3, -0.25) is 14.7 Å². The van der Waals surface area contributed by atoms with Crippen LogP contribution in [0.5, 0.6) is 0 Å². The molecule has 2 aromatic rings. The molecule has 0 aliphatic heterocycles. The van der Waals surface area contributed by atoms with Crippen molar-refractivity contribution in [3.05, 3.63) is 54.4 Å². The average molecular weight is 284 g/mol. The molecule has 1 aromatic carbocycles. The first-order chi connectivity index (χ1) is 10.1. The van der Waals surface area contributed by atoms with Crippen LogP contribution in [0.25, 0.3) is 11.1 Å². The van der Waals surface area contributed by atoms with Crippen molar-refractivity contribution in [2.75, 3.05) is 6.54 Å². The van der Waals surface area contributed by atoms with Crippen molar-refractivity contribution < 1.29 is 9.90 Å². The van der Waals surface area contributed by atoms with Crippen LogP contribution in [0, 0.1) is 0 Å². The predicted molar refractivity (Wildman–Crippen MR) is 82.9 cm³/mol. The van der Waals surface area contributed by atoms with Crippen LogP contribution in [0.4, 0.5) is 0 Å². The Kier molecular flexibility index (Phi) is 5.06. The predicted octanol–water partition coefficient (Wildman–Crippen LogP) is 3.04. The molecule has 1 N–H and O–H groups in total. The van der Waals surface area contributed by atoms with Gasteiger partial charge >= 0.3 is 5.97 Å². The summed E-state index contributed by atoms with van der Waals surface area (Å²) < 4.78 is 0. The second kappa shape index (κ2) is 6.99. The monoisotopic (exact) mass is 284 g/mol. The molecule has 1 aromatic heterocycles. The number of pyridine rings is 1. The van der Waals surface area contributed by atoms with Crippen LogP contribution >= 0.6 is 0 Å². The fourth-order valence-electron chi connectivity index (χ4n) is 2.21. The van der Waals surface area contributed by atoms with Gasteiger partial charge in [0, 0.05) is 25.0 Å². The molecule has 0 amide bonds. The molecule has 110 valence electrons. The van der Waals surface area contributed by atoms with Crippen LogP contribution in [-0.2, 0) is 11.3 Å². The molecule has 0 saturated heterocycles. The summed E-state index contributed by atoms with van der Waals surface area (Å²) >= 11 is 0. The lowest BCUT2D eigenvalue weighted by molar-refractivity contribution is -0.138. The van der Waals surface area contributed by atoms with Crippen LogP contribution in [0.15, 0.2) is 48.8 Å². The van der Waals surface area contributed by atoms with Gasteiger partial charge in [-0.15, -0.1) is 0 Å². The van der Waals surface area contributed by atoms with Gasteiger partial charge < -0.3 is 5.11 Å². The summed E-state index contributed by atoms with van der Waals surface area (Å²) in [7, 11) is 0. The highest BCUT2D eigenvalue weighted by molar-refractivity contribution is 5.69. The third-order valence-electron chi connectivity index (χ3n) is 3.38. The molecule has 0 aliphatic carbocycles. The minimum atomic E-state index is -0.799. The molecule has 4 nitrogen and oxygen atoms in total. The summed E-state index contributed by atoms with van der Waals surface area (Å²) in [5, 5.41) is 8.99. The van der Waals surface area contributed by atoms with Crippen molar-refractivity contribution in [2.24, 2.45) is 0 Å². The molecule has 0 bridgehead atoms. The van der Waals surface area contributed by atoms with E-state index in [0.29, 0.717) is 6.54 Å². The maximum atomic E-state index is 10.9. The molecule has 4 heteroatoms. The number of rotatable bonds is 6. The maximum Gasteiger partial charge on any atom is 0.317 e. The van der Waals surface area contributed by atoms with Gasteiger partial charge in [0.2, 0.25) is 0 Å². The van der Waals surface area contributed by atoms with Crippen molar-refractivity contribution in [1.29, 1.82) is 0 Å². The fourth-order valence-corrected chi connectivity index (χ4v) is 2.21. The molecule has 0 aliphatic rings. The zero-order valence-corrected chi connectivity index (χ0v) is 12.4. The Hall–Kier alpha value is -2.20. The number of hydrogen-bond acceptors (Lipinski definition) is 3. The van der Waals surface area contributed by atoms with Crippen LogP contribution in [-0.4, -0.2) is 33.5 Å². The Morgan fingerprint density at radius 3 is 2.62 bits per heavy atom.